The van der Waals surface area contributed by atoms with Gasteiger partial charge in [-0.1, -0.05) is 18.6 Å². The third-order valence-corrected chi connectivity index (χ3v) is 5.16. The number of hydrogen-bond donors (Lipinski definition) is 2. The second kappa shape index (κ2) is 5.45. The van der Waals surface area contributed by atoms with E-state index >= 15 is 0 Å². The van der Waals surface area contributed by atoms with Crippen molar-refractivity contribution in [1.82, 2.24) is 20.3 Å². The summed E-state index contributed by atoms with van der Waals surface area (Å²) >= 11 is 0. The molecule has 2 aromatic rings. The number of nitrogens with one attached hydrogen (secondary N) is 1. The van der Waals surface area contributed by atoms with E-state index in [4.69, 9.17) is 0 Å². The summed E-state index contributed by atoms with van der Waals surface area (Å²) in [6.45, 7) is 0.773. The Hall–Kier alpha value is -2.21. The van der Waals surface area contributed by atoms with Gasteiger partial charge in [-0.25, -0.2) is 0 Å². The van der Waals surface area contributed by atoms with Crippen molar-refractivity contribution in [1.29, 1.82) is 0 Å². The van der Waals surface area contributed by atoms with Crippen molar-refractivity contribution in [3.8, 4) is 0 Å². The van der Waals surface area contributed by atoms with E-state index in [2.05, 4.69) is 27.5 Å². The second-order valence-corrected chi connectivity index (χ2v) is 6.61. The summed E-state index contributed by atoms with van der Waals surface area (Å²) in [7, 11) is 0. The Morgan fingerprint density at radius 3 is 2.70 bits per heavy atom. The second-order valence-electron chi connectivity index (χ2n) is 6.61. The van der Waals surface area contributed by atoms with Gasteiger partial charge in [0, 0.05) is 18.5 Å². The van der Waals surface area contributed by atoms with Crippen LogP contribution in [-0.2, 0) is 5.60 Å². The highest BCUT2D eigenvalue weighted by Gasteiger charge is 2.41. The molecule has 2 heterocycles. The van der Waals surface area contributed by atoms with Gasteiger partial charge >= 0.3 is 0 Å². The minimum Gasteiger partial charge on any atom is -0.381 e. The average Bonchev–Trinajstić information content (AvgIpc) is 3.16. The number of rotatable bonds is 3. The maximum atomic E-state index is 12.6. The Morgan fingerprint density at radius 2 is 2.09 bits per heavy atom. The number of β-amino-alcohol motifs (C(OH)–C–C–N with tert-alkyl or cyclic N) is 1. The van der Waals surface area contributed by atoms with E-state index in [0.717, 1.165) is 0 Å². The fraction of sp³-hybridized carbons (Fsp3) is 0.471. The molecule has 1 saturated carbocycles. The molecule has 1 saturated heterocycles. The molecule has 1 aliphatic heterocycles. The summed E-state index contributed by atoms with van der Waals surface area (Å²) in [5.74, 6) is 0.632. The number of nitrogens with zero attached hydrogens (tertiary/aromatic N) is 3. The molecule has 1 aromatic heterocycles. The third kappa shape index (κ3) is 2.53. The van der Waals surface area contributed by atoms with Crippen molar-refractivity contribution in [2.45, 2.75) is 37.2 Å². The molecule has 1 unspecified atom stereocenters. The number of aliphatic hydroxyl groups is 1. The molecule has 2 fully saturated rings. The molecule has 23 heavy (non-hydrogen) atoms. The van der Waals surface area contributed by atoms with Crippen LogP contribution in [0.1, 0.15) is 53.2 Å². The molecule has 120 valence electrons. The van der Waals surface area contributed by atoms with Crippen molar-refractivity contribution in [2.75, 3.05) is 13.1 Å². The van der Waals surface area contributed by atoms with Crippen molar-refractivity contribution in [3.05, 3.63) is 47.3 Å². The molecule has 1 aromatic carbocycles. The molecule has 0 radical (unpaired) electrons. The highest BCUT2D eigenvalue weighted by molar-refractivity contribution is 5.94. The van der Waals surface area contributed by atoms with Gasteiger partial charge in [-0.15, -0.1) is 0 Å². The molecule has 2 aliphatic rings. The third-order valence-electron chi connectivity index (χ3n) is 5.16. The summed E-state index contributed by atoms with van der Waals surface area (Å²) in [6, 6.07) is 7.95. The Morgan fingerprint density at radius 1 is 1.30 bits per heavy atom. The van der Waals surface area contributed by atoms with E-state index in [1.165, 1.54) is 31.0 Å². The van der Waals surface area contributed by atoms with Gasteiger partial charge in [0.05, 0.1) is 12.7 Å². The molecule has 2 N–H and O–H groups in total. The molecule has 4 rings (SSSR count). The zero-order valence-electron chi connectivity index (χ0n) is 12.9. The van der Waals surface area contributed by atoms with Gasteiger partial charge in [0.1, 0.15) is 11.3 Å². The highest BCUT2D eigenvalue weighted by atomic mass is 16.3. The van der Waals surface area contributed by atoms with Crippen LogP contribution >= 0.6 is 0 Å². The minimum atomic E-state index is -1.10. The van der Waals surface area contributed by atoms with Crippen molar-refractivity contribution in [2.24, 2.45) is 0 Å². The topological polar surface area (TPSA) is 82.1 Å². The molecule has 6 nitrogen and oxygen atoms in total. The summed E-state index contributed by atoms with van der Waals surface area (Å²) in [5, 5.41) is 20.9. The smallest absolute Gasteiger partial charge is 0.253 e. The standard InChI is InChI=1S/C17H20N4O2/c22-16(14-6-4-13(5-7-14)12-2-1-3-12)21-9-8-17(23,11-21)15-10-18-20-19-15/h4-7,10,12,23H,1-3,8-9,11H2,(H,18,19,20). The summed E-state index contributed by atoms with van der Waals surface area (Å²) in [4.78, 5) is 14.3. The number of carbonyl (C=O) groups excluding carboxylic acids is 1. The number of amides is 1. The maximum absolute atomic E-state index is 12.6. The maximum Gasteiger partial charge on any atom is 0.253 e. The number of carbonyl (C=O) groups is 1. The van der Waals surface area contributed by atoms with E-state index in [-0.39, 0.29) is 12.5 Å². The summed E-state index contributed by atoms with van der Waals surface area (Å²) < 4.78 is 0. The van der Waals surface area contributed by atoms with Gasteiger partial charge in [-0.2, -0.15) is 15.4 Å². The number of aromatic amines is 1. The van der Waals surface area contributed by atoms with E-state index in [1.54, 1.807) is 4.90 Å². The molecule has 0 spiro atoms. The van der Waals surface area contributed by atoms with Crippen LogP contribution in [0, 0.1) is 0 Å². The van der Waals surface area contributed by atoms with Crippen LogP contribution in [0.2, 0.25) is 0 Å². The van der Waals surface area contributed by atoms with Gasteiger partial charge < -0.3 is 10.0 Å². The largest absolute Gasteiger partial charge is 0.381 e. The predicted octanol–water partition coefficient (Wildman–Crippen LogP) is 1.81. The lowest BCUT2D eigenvalue weighted by molar-refractivity contribution is 0.0382. The Kier molecular flexibility index (Phi) is 3.41. The quantitative estimate of drug-likeness (QED) is 0.905. The fourth-order valence-corrected chi connectivity index (χ4v) is 3.42. The summed E-state index contributed by atoms with van der Waals surface area (Å²) in [5.41, 5.74) is 1.40. The zero-order valence-corrected chi connectivity index (χ0v) is 12.9. The molecule has 1 aliphatic carbocycles. The Balaban J connectivity index is 1.47. The number of benzene rings is 1. The van der Waals surface area contributed by atoms with Crippen LogP contribution < -0.4 is 0 Å². The molecule has 6 heteroatoms. The predicted molar refractivity (Wildman–Crippen MR) is 83.8 cm³/mol. The molecular weight excluding hydrogens is 292 g/mol. The van der Waals surface area contributed by atoms with Crippen LogP contribution in [0.4, 0.5) is 0 Å². The van der Waals surface area contributed by atoms with Crippen LogP contribution in [0.15, 0.2) is 30.5 Å². The zero-order chi connectivity index (χ0) is 15.9. The van der Waals surface area contributed by atoms with E-state index in [1.807, 2.05) is 12.1 Å². The molecule has 0 bridgehead atoms. The van der Waals surface area contributed by atoms with Crippen LogP contribution in [0.3, 0.4) is 0 Å². The van der Waals surface area contributed by atoms with Gasteiger partial charge in [-0.05, 0) is 36.5 Å². The lowest BCUT2D eigenvalue weighted by Crippen LogP contribution is -2.34. The van der Waals surface area contributed by atoms with Gasteiger partial charge in [0.15, 0.2) is 0 Å². The van der Waals surface area contributed by atoms with Crippen molar-refractivity contribution in [3.63, 3.8) is 0 Å². The molecule has 1 amide bonds. The SMILES string of the molecule is O=C(c1ccc(C2CCC2)cc1)N1CCC(O)(c2cn[nH]n2)C1. The van der Waals surface area contributed by atoms with Crippen molar-refractivity contribution >= 4 is 5.91 Å². The van der Waals surface area contributed by atoms with Crippen molar-refractivity contribution < 1.29 is 9.90 Å². The van der Waals surface area contributed by atoms with Gasteiger partial charge in [0.25, 0.3) is 5.91 Å². The Bertz CT molecular complexity index is 694. The monoisotopic (exact) mass is 312 g/mol. The number of hydrogen-bond acceptors (Lipinski definition) is 4. The fourth-order valence-electron chi connectivity index (χ4n) is 3.42. The van der Waals surface area contributed by atoms with Crippen LogP contribution in [0.5, 0.6) is 0 Å². The first-order valence-electron chi connectivity index (χ1n) is 8.14. The van der Waals surface area contributed by atoms with Crippen LogP contribution in [0.25, 0.3) is 0 Å². The van der Waals surface area contributed by atoms with Gasteiger partial charge in [-0.3, -0.25) is 4.79 Å². The van der Waals surface area contributed by atoms with E-state index in [9.17, 15) is 9.90 Å². The van der Waals surface area contributed by atoms with E-state index < -0.39 is 5.60 Å². The minimum absolute atomic E-state index is 0.0374. The summed E-state index contributed by atoms with van der Waals surface area (Å²) in [6.07, 6.45) is 5.81. The Labute approximate surface area is 134 Å². The first kappa shape index (κ1) is 14.4. The number of H-pyrrole nitrogens is 1. The molecular formula is C17H20N4O2. The lowest BCUT2D eigenvalue weighted by atomic mass is 9.80. The number of likely N-dealkylation sites (tertiary alicyclic amines) is 1. The highest BCUT2D eigenvalue weighted by Crippen LogP contribution is 2.36. The van der Waals surface area contributed by atoms with Gasteiger partial charge in [0.2, 0.25) is 0 Å². The first-order valence-corrected chi connectivity index (χ1v) is 8.14. The normalized spacial score (nSPS) is 24.7. The molecule has 1 atom stereocenters. The van der Waals surface area contributed by atoms with Crippen LogP contribution in [-0.4, -0.2) is 44.4 Å². The van der Waals surface area contributed by atoms with E-state index in [0.29, 0.717) is 30.1 Å². The number of aromatic nitrogens is 3. The average molecular weight is 312 g/mol. The lowest BCUT2D eigenvalue weighted by Gasteiger charge is -2.26. The first-order chi connectivity index (χ1) is 11.2.